The molecule has 0 aromatic rings. The number of rotatable bonds is 10. The molecule has 1 N–H and O–H groups in total. The van der Waals surface area contributed by atoms with Crippen molar-refractivity contribution in [1.29, 1.82) is 0 Å². The maximum Gasteiger partial charge on any atom is 0.234 e. The van der Waals surface area contributed by atoms with Crippen LogP contribution in [0.3, 0.4) is 0 Å². The third-order valence-electron chi connectivity index (χ3n) is 2.43. The monoisotopic (exact) mass is 244 g/mol. The van der Waals surface area contributed by atoms with Crippen molar-refractivity contribution < 1.29 is 9.53 Å². The predicted molar refractivity (Wildman–Crippen MR) is 71.1 cm³/mol. The van der Waals surface area contributed by atoms with Gasteiger partial charge in [0.1, 0.15) is 0 Å². The first-order valence-corrected chi connectivity index (χ1v) is 6.59. The fraction of sp³-hybridized carbons (Fsp3) is 0.923. The molecule has 0 aliphatic carbocycles. The summed E-state index contributed by atoms with van der Waals surface area (Å²) in [4.78, 5) is 13.5. The third kappa shape index (κ3) is 11.6. The highest BCUT2D eigenvalue weighted by Crippen LogP contribution is 1.98. The standard InChI is InChI=1S/C13H28N2O2/c1-5-8-15(4)11-13(16)14-7-10-17-9-6-12(2)3/h12H,5-11H2,1-4H3,(H,14,16). The molecule has 0 unspecified atom stereocenters. The summed E-state index contributed by atoms with van der Waals surface area (Å²) in [6, 6.07) is 0. The van der Waals surface area contributed by atoms with Gasteiger partial charge < -0.3 is 10.1 Å². The molecule has 4 heteroatoms. The van der Waals surface area contributed by atoms with Gasteiger partial charge in [-0.1, -0.05) is 20.8 Å². The van der Waals surface area contributed by atoms with Crippen molar-refractivity contribution in [3.05, 3.63) is 0 Å². The van der Waals surface area contributed by atoms with E-state index in [2.05, 4.69) is 26.1 Å². The van der Waals surface area contributed by atoms with E-state index in [1.54, 1.807) is 0 Å². The zero-order valence-electron chi connectivity index (χ0n) is 11.8. The molecule has 0 bridgehead atoms. The molecule has 0 heterocycles. The first-order chi connectivity index (χ1) is 8.06. The predicted octanol–water partition coefficient (Wildman–Crippen LogP) is 1.51. The number of carbonyl (C=O) groups excluding carboxylic acids is 1. The van der Waals surface area contributed by atoms with Gasteiger partial charge in [0.15, 0.2) is 0 Å². The minimum absolute atomic E-state index is 0.0772. The number of hydrogen-bond acceptors (Lipinski definition) is 3. The van der Waals surface area contributed by atoms with Gasteiger partial charge in [-0.3, -0.25) is 9.69 Å². The Labute approximate surface area is 106 Å². The smallest absolute Gasteiger partial charge is 0.234 e. The average Bonchev–Trinajstić information content (AvgIpc) is 2.23. The van der Waals surface area contributed by atoms with Crippen LogP contribution in [0.5, 0.6) is 0 Å². The van der Waals surface area contributed by atoms with Crippen molar-refractivity contribution in [2.24, 2.45) is 5.92 Å². The minimum Gasteiger partial charge on any atom is -0.380 e. The van der Waals surface area contributed by atoms with Crippen molar-refractivity contribution in [2.75, 3.05) is 39.9 Å². The molecular weight excluding hydrogens is 216 g/mol. The molecule has 0 saturated heterocycles. The number of likely N-dealkylation sites (N-methyl/N-ethyl adjacent to an activating group) is 1. The lowest BCUT2D eigenvalue weighted by atomic mass is 10.1. The van der Waals surface area contributed by atoms with Crippen LogP contribution in [0.25, 0.3) is 0 Å². The number of amides is 1. The van der Waals surface area contributed by atoms with E-state index in [4.69, 9.17) is 4.74 Å². The van der Waals surface area contributed by atoms with Gasteiger partial charge in [-0.05, 0) is 32.4 Å². The maximum atomic E-state index is 11.5. The average molecular weight is 244 g/mol. The van der Waals surface area contributed by atoms with E-state index in [0.29, 0.717) is 25.6 Å². The SMILES string of the molecule is CCCN(C)CC(=O)NCCOCCC(C)C. The first-order valence-electron chi connectivity index (χ1n) is 6.59. The Balaban J connectivity index is 3.33. The molecule has 0 atom stereocenters. The molecule has 0 aliphatic rings. The number of nitrogens with one attached hydrogen (secondary N) is 1. The highest BCUT2D eigenvalue weighted by atomic mass is 16.5. The van der Waals surface area contributed by atoms with Gasteiger partial charge >= 0.3 is 0 Å². The van der Waals surface area contributed by atoms with Crippen LogP contribution in [0.4, 0.5) is 0 Å². The van der Waals surface area contributed by atoms with Crippen molar-refractivity contribution in [2.45, 2.75) is 33.6 Å². The molecular formula is C13H28N2O2. The van der Waals surface area contributed by atoms with Crippen LogP contribution in [0, 0.1) is 5.92 Å². The van der Waals surface area contributed by atoms with E-state index in [-0.39, 0.29) is 5.91 Å². The lowest BCUT2D eigenvalue weighted by molar-refractivity contribution is -0.122. The second-order valence-corrected chi connectivity index (χ2v) is 4.88. The summed E-state index contributed by atoms with van der Waals surface area (Å²) in [7, 11) is 1.96. The zero-order valence-corrected chi connectivity index (χ0v) is 11.8. The van der Waals surface area contributed by atoms with Gasteiger partial charge in [-0.25, -0.2) is 0 Å². The molecule has 0 aromatic carbocycles. The van der Waals surface area contributed by atoms with Gasteiger partial charge in [0.2, 0.25) is 5.91 Å². The van der Waals surface area contributed by atoms with Crippen molar-refractivity contribution in [3.63, 3.8) is 0 Å². The van der Waals surface area contributed by atoms with Gasteiger partial charge in [0.25, 0.3) is 0 Å². The topological polar surface area (TPSA) is 41.6 Å². The minimum atomic E-state index is 0.0772. The van der Waals surface area contributed by atoms with Crippen LogP contribution >= 0.6 is 0 Å². The van der Waals surface area contributed by atoms with Crippen LogP contribution in [-0.4, -0.2) is 50.7 Å². The zero-order chi connectivity index (χ0) is 13.1. The number of carbonyl (C=O) groups is 1. The molecule has 4 nitrogen and oxygen atoms in total. The summed E-state index contributed by atoms with van der Waals surface area (Å²) >= 11 is 0. The molecule has 0 saturated carbocycles. The van der Waals surface area contributed by atoms with E-state index in [1.807, 2.05) is 11.9 Å². The molecule has 0 rings (SSSR count). The van der Waals surface area contributed by atoms with Crippen LogP contribution in [-0.2, 0) is 9.53 Å². The normalized spacial score (nSPS) is 11.2. The lowest BCUT2D eigenvalue weighted by Crippen LogP contribution is -2.37. The van der Waals surface area contributed by atoms with Gasteiger partial charge in [-0.2, -0.15) is 0 Å². The Morgan fingerprint density at radius 3 is 2.65 bits per heavy atom. The van der Waals surface area contributed by atoms with Crippen LogP contribution in [0.1, 0.15) is 33.6 Å². The number of ether oxygens (including phenoxy) is 1. The quantitative estimate of drug-likeness (QED) is 0.592. The summed E-state index contributed by atoms with van der Waals surface area (Å²) in [5.41, 5.74) is 0. The summed E-state index contributed by atoms with van der Waals surface area (Å²) in [6.07, 6.45) is 2.15. The summed E-state index contributed by atoms with van der Waals surface area (Å²) in [5, 5.41) is 2.85. The first kappa shape index (κ1) is 16.4. The fourth-order valence-corrected chi connectivity index (χ4v) is 1.45. The largest absolute Gasteiger partial charge is 0.380 e. The van der Waals surface area contributed by atoms with E-state index in [1.165, 1.54) is 0 Å². The van der Waals surface area contributed by atoms with Crippen LogP contribution < -0.4 is 5.32 Å². The lowest BCUT2D eigenvalue weighted by Gasteiger charge is -2.15. The van der Waals surface area contributed by atoms with Gasteiger partial charge in [0, 0.05) is 13.2 Å². The number of hydrogen-bond donors (Lipinski definition) is 1. The molecule has 102 valence electrons. The third-order valence-corrected chi connectivity index (χ3v) is 2.43. The van der Waals surface area contributed by atoms with E-state index in [0.717, 1.165) is 26.0 Å². The Kier molecular flexibility index (Phi) is 10.2. The van der Waals surface area contributed by atoms with Crippen LogP contribution in [0.15, 0.2) is 0 Å². The van der Waals surface area contributed by atoms with Gasteiger partial charge in [-0.15, -0.1) is 0 Å². The molecule has 0 fully saturated rings. The summed E-state index contributed by atoms with van der Waals surface area (Å²) in [6.45, 7) is 9.88. The van der Waals surface area contributed by atoms with E-state index in [9.17, 15) is 4.79 Å². The van der Waals surface area contributed by atoms with Crippen molar-refractivity contribution >= 4 is 5.91 Å². The van der Waals surface area contributed by atoms with E-state index < -0.39 is 0 Å². The summed E-state index contributed by atoms with van der Waals surface area (Å²) in [5.74, 6) is 0.751. The van der Waals surface area contributed by atoms with Crippen LogP contribution in [0.2, 0.25) is 0 Å². The van der Waals surface area contributed by atoms with Crippen molar-refractivity contribution in [3.8, 4) is 0 Å². The fourth-order valence-electron chi connectivity index (χ4n) is 1.45. The second kappa shape index (κ2) is 10.5. The second-order valence-electron chi connectivity index (χ2n) is 4.88. The van der Waals surface area contributed by atoms with Gasteiger partial charge in [0.05, 0.1) is 13.2 Å². The molecule has 0 radical (unpaired) electrons. The highest BCUT2D eigenvalue weighted by Gasteiger charge is 2.04. The molecule has 17 heavy (non-hydrogen) atoms. The Bertz CT molecular complexity index is 196. The molecule has 0 aliphatic heterocycles. The molecule has 0 spiro atoms. The molecule has 0 aromatic heterocycles. The Morgan fingerprint density at radius 2 is 2.06 bits per heavy atom. The maximum absolute atomic E-state index is 11.5. The Morgan fingerprint density at radius 1 is 1.35 bits per heavy atom. The van der Waals surface area contributed by atoms with Crippen molar-refractivity contribution in [1.82, 2.24) is 10.2 Å². The highest BCUT2D eigenvalue weighted by molar-refractivity contribution is 5.77. The number of nitrogens with zero attached hydrogens (tertiary/aromatic N) is 1. The summed E-state index contributed by atoms with van der Waals surface area (Å²) < 4.78 is 5.42. The Hall–Kier alpha value is -0.610. The molecule has 1 amide bonds. The van der Waals surface area contributed by atoms with E-state index >= 15 is 0 Å².